The van der Waals surface area contributed by atoms with Gasteiger partial charge in [0, 0.05) is 22.8 Å². The van der Waals surface area contributed by atoms with E-state index >= 15 is 0 Å². The summed E-state index contributed by atoms with van der Waals surface area (Å²) in [5.41, 5.74) is 11.2. The Hall–Kier alpha value is -1.65. The molecule has 0 radical (unpaired) electrons. The molecule has 3 heterocycles. The summed E-state index contributed by atoms with van der Waals surface area (Å²) in [6.45, 7) is 2.18. The molecule has 2 nitrogen and oxygen atoms in total. The number of nitrogen functional groups attached to an aromatic ring is 1. The molecule has 0 aliphatic rings. The van der Waals surface area contributed by atoms with E-state index < -0.39 is 0 Å². The molecular formula is C15H14N2S2. The summed E-state index contributed by atoms with van der Waals surface area (Å²) in [5, 5.41) is 5.16. The minimum absolute atomic E-state index is 0.905. The largest absolute Gasteiger partial charge is 0.390 e. The Morgan fingerprint density at radius 1 is 1.16 bits per heavy atom. The van der Waals surface area contributed by atoms with Crippen molar-refractivity contribution in [1.29, 1.82) is 0 Å². The Morgan fingerprint density at radius 3 is 2.58 bits per heavy atom. The highest BCUT2D eigenvalue weighted by atomic mass is 32.1. The van der Waals surface area contributed by atoms with Gasteiger partial charge in [-0.3, -0.25) is 4.98 Å². The summed E-state index contributed by atoms with van der Waals surface area (Å²) in [6, 6.07) is 6.22. The molecule has 0 aliphatic heterocycles. The van der Waals surface area contributed by atoms with Gasteiger partial charge in [-0.15, -0.1) is 11.3 Å². The average molecular weight is 286 g/mol. The van der Waals surface area contributed by atoms with Crippen LogP contribution in [0.5, 0.6) is 0 Å². The van der Waals surface area contributed by atoms with Crippen molar-refractivity contribution in [3.8, 4) is 21.6 Å². The maximum Gasteiger partial charge on any atom is 0.0945 e. The molecule has 0 aliphatic carbocycles. The maximum absolute atomic E-state index is 6.25. The molecular weight excluding hydrogens is 272 g/mol. The van der Waals surface area contributed by atoms with Gasteiger partial charge in [-0.05, 0) is 52.1 Å². The minimum Gasteiger partial charge on any atom is -0.390 e. The number of nitrogens with zero attached hydrogens (tertiary/aromatic N) is 1. The molecule has 19 heavy (non-hydrogen) atoms. The molecule has 0 amide bonds. The van der Waals surface area contributed by atoms with E-state index in [9.17, 15) is 0 Å². The molecule has 0 saturated heterocycles. The first-order chi connectivity index (χ1) is 9.31. The van der Waals surface area contributed by atoms with Gasteiger partial charge in [0.1, 0.15) is 0 Å². The Labute approximate surface area is 120 Å². The summed E-state index contributed by atoms with van der Waals surface area (Å²) >= 11 is 3.38. The molecule has 0 aromatic carbocycles. The van der Waals surface area contributed by atoms with E-state index in [1.165, 1.54) is 27.1 Å². The number of pyridine rings is 1. The third-order valence-electron chi connectivity index (χ3n) is 3.14. The SMILES string of the molecule is CCc1c(-c2ccncc2)sc(N)c1-c1ccsc1. The Balaban J connectivity index is 2.21. The van der Waals surface area contributed by atoms with E-state index in [1.807, 2.05) is 24.5 Å². The Morgan fingerprint density at radius 2 is 1.95 bits per heavy atom. The van der Waals surface area contributed by atoms with Crippen LogP contribution in [0.1, 0.15) is 12.5 Å². The summed E-state index contributed by atoms with van der Waals surface area (Å²) in [7, 11) is 0. The van der Waals surface area contributed by atoms with Crippen molar-refractivity contribution in [3.05, 3.63) is 46.9 Å². The first kappa shape index (κ1) is 12.4. The van der Waals surface area contributed by atoms with Crippen molar-refractivity contribution in [1.82, 2.24) is 4.98 Å². The highest BCUT2D eigenvalue weighted by molar-refractivity contribution is 7.20. The lowest BCUT2D eigenvalue weighted by Crippen LogP contribution is -1.88. The van der Waals surface area contributed by atoms with Gasteiger partial charge in [0.25, 0.3) is 0 Å². The summed E-state index contributed by atoms with van der Waals surface area (Å²) in [4.78, 5) is 5.35. The predicted molar refractivity (Wildman–Crippen MR) is 84.7 cm³/mol. The molecule has 3 aromatic heterocycles. The molecule has 0 unspecified atom stereocenters. The van der Waals surface area contributed by atoms with Gasteiger partial charge in [-0.2, -0.15) is 11.3 Å². The van der Waals surface area contributed by atoms with Crippen LogP contribution in [0.3, 0.4) is 0 Å². The van der Waals surface area contributed by atoms with E-state index in [-0.39, 0.29) is 0 Å². The molecule has 4 heteroatoms. The molecule has 0 saturated carbocycles. The fraction of sp³-hybridized carbons (Fsp3) is 0.133. The molecule has 96 valence electrons. The van der Waals surface area contributed by atoms with Crippen LogP contribution in [0.4, 0.5) is 5.00 Å². The van der Waals surface area contributed by atoms with Gasteiger partial charge >= 0.3 is 0 Å². The molecule has 3 rings (SSSR count). The fourth-order valence-electron chi connectivity index (χ4n) is 2.28. The zero-order valence-corrected chi connectivity index (χ0v) is 12.2. The van der Waals surface area contributed by atoms with Crippen LogP contribution in [0, 0.1) is 0 Å². The van der Waals surface area contributed by atoms with Gasteiger partial charge in [0.2, 0.25) is 0 Å². The average Bonchev–Trinajstić information content (AvgIpc) is 3.06. The monoisotopic (exact) mass is 286 g/mol. The predicted octanol–water partition coefficient (Wildman–Crippen LogP) is 4.68. The topological polar surface area (TPSA) is 38.9 Å². The Bertz CT molecular complexity index is 670. The van der Waals surface area contributed by atoms with Crippen molar-refractivity contribution in [2.45, 2.75) is 13.3 Å². The fourth-order valence-corrected chi connectivity index (χ4v) is 4.12. The number of hydrogen-bond acceptors (Lipinski definition) is 4. The van der Waals surface area contributed by atoms with Crippen molar-refractivity contribution in [2.75, 3.05) is 5.73 Å². The van der Waals surface area contributed by atoms with Crippen molar-refractivity contribution >= 4 is 27.7 Å². The third kappa shape index (κ3) is 2.17. The molecule has 2 N–H and O–H groups in total. The molecule has 3 aromatic rings. The van der Waals surface area contributed by atoms with Crippen LogP contribution >= 0.6 is 22.7 Å². The number of aromatic nitrogens is 1. The number of nitrogens with two attached hydrogens (primary N) is 1. The number of rotatable bonds is 3. The van der Waals surface area contributed by atoms with Crippen LogP contribution in [0.2, 0.25) is 0 Å². The van der Waals surface area contributed by atoms with Crippen molar-refractivity contribution < 1.29 is 0 Å². The van der Waals surface area contributed by atoms with Gasteiger partial charge < -0.3 is 5.73 Å². The summed E-state index contributed by atoms with van der Waals surface area (Å²) in [5.74, 6) is 0. The lowest BCUT2D eigenvalue weighted by atomic mass is 10.0. The van der Waals surface area contributed by atoms with Gasteiger partial charge in [0.15, 0.2) is 0 Å². The van der Waals surface area contributed by atoms with Crippen LogP contribution in [-0.2, 0) is 6.42 Å². The molecule has 0 spiro atoms. The van der Waals surface area contributed by atoms with Gasteiger partial charge in [-0.1, -0.05) is 6.92 Å². The maximum atomic E-state index is 6.25. The molecule has 0 atom stereocenters. The highest BCUT2D eigenvalue weighted by Gasteiger charge is 2.17. The smallest absolute Gasteiger partial charge is 0.0945 e. The van der Waals surface area contributed by atoms with E-state index in [0.717, 1.165) is 11.4 Å². The van der Waals surface area contributed by atoms with Crippen LogP contribution in [-0.4, -0.2) is 4.98 Å². The molecule has 0 bridgehead atoms. The van der Waals surface area contributed by atoms with Crippen LogP contribution < -0.4 is 5.73 Å². The standard InChI is InChI=1S/C15H14N2S2/c1-2-12-13(11-5-8-18-9-11)15(16)19-14(12)10-3-6-17-7-4-10/h3-9H,2,16H2,1H3. The first-order valence-corrected chi connectivity index (χ1v) is 7.91. The second-order valence-corrected chi connectivity index (χ2v) is 6.08. The van der Waals surface area contributed by atoms with E-state index in [0.29, 0.717) is 0 Å². The van der Waals surface area contributed by atoms with E-state index in [1.54, 1.807) is 22.7 Å². The zero-order chi connectivity index (χ0) is 13.2. The molecule has 0 fully saturated rings. The van der Waals surface area contributed by atoms with Gasteiger partial charge in [0.05, 0.1) is 5.00 Å². The van der Waals surface area contributed by atoms with Crippen LogP contribution in [0.15, 0.2) is 41.4 Å². The highest BCUT2D eigenvalue weighted by Crippen LogP contribution is 2.44. The van der Waals surface area contributed by atoms with Crippen molar-refractivity contribution in [2.24, 2.45) is 0 Å². The second kappa shape index (κ2) is 5.15. The summed E-state index contributed by atoms with van der Waals surface area (Å²) in [6.07, 6.45) is 4.64. The van der Waals surface area contributed by atoms with E-state index in [4.69, 9.17) is 5.73 Å². The third-order valence-corrected chi connectivity index (χ3v) is 4.93. The second-order valence-electron chi connectivity index (χ2n) is 4.25. The quantitative estimate of drug-likeness (QED) is 0.759. The Kier molecular flexibility index (Phi) is 3.36. The van der Waals surface area contributed by atoms with Crippen LogP contribution in [0.25, 0.3) is 21.6 Å². The summed E-state index contributed by atoms with van der Waals surface area (Å²) < 4.78 is 0. The zero-order valence-electron chi connectivity index (χ0n) is 10.6. The van der Waals surface area contributed by atoms with Gasteiger partial charge in [-0.25, -0.2) is 0 Å². The van der Waals surface area contributed by atoms with Crippen molar-refractivity contribution in [3.63, 3.8) is 0 Å². The number of hydrogen-bond donors (Lipinski definition) is 1. The minimum atomic E-state index is 0.905. The lowest BCUT2D eigenvalue weighted by molar-refractivity contribution is 1.16. The normalized spacial score (nSPS) is 10.8. The lowest BCUT2D eigenvalue weighted by Gasteiger charge is -2.04. The number of anilines is 1. The first-order valence-electron chi connectivity index (χ1n) is 6.15. The number of thiophene rings is 2. The van der Waals surface area contributed by atoms with E-state index in [2.05, 4.69) is 28.7 Å².